The van der Waals surface area contributed by atoms with Gasteiger partial charge in [-0.3, -0.25) is 0 Å². The van der Waals surface area contributed by atoms with Crippen molar-refractivity contribution >= 4 is 20.2 Å². The van der Waals surface area contributed by atoms with Gasteiger partial charge in [-0.1, -0.05) is 117 Å². The number of quaternary nitrogens is 2. The molecular weight excluding hydrogens is 653 g/mol. The van der Waals surface area contributed by atoms with Gasteiger partial charge in [-0.15, -0.1) is 0 Å². The van der Waals surface area contributed by atoms with Crippen molar-refractivity contribution < 1.29 is 45.1 Å². The Kier molecular flexibility index (Phi) is 27.1. The van der Waals surface area contributed by atoms with Crippen LogP contribution in [-0.2, 0) is 20.2 Å². The average Bonchev–Trinajstić information content (AvgIpc) is 2.99. The predicted molar refractivity (Wildman–Crippen MR) is 196 cm³/mol. The van der Waals surface area contributed by atoms with Gasteiger partial charge in [0.15, 0.2) is 0 Å². The van der Waals surface area contributed by atoms with Crippen LogP contribution in [0, 0.1) is 0 Å². The van der Waals surface area contributed by atoms with Gasteiger partial charge in [-0.25, -0.2) is 16.8 Å². The molecule has 0 aliphatic heterocycles. The number of aliphatic hydroxyl groups is 2. The Bertz CT molecular complexity index is 904. The maximum Gasteiger partial charge on any atom is 0.129 e. The van der Waals surface area contributed by atoms with Gasteiger partial charge in [0, 0.05) is 0 Å². The van der Waals surface area contributed by atoms with Crippen LogP contribution in [0.4, 0.5) is 0 Å². The first-order chi connectivity index (χ1) is 22.7. The first-order valence-electron chi connectivity index (χ1n) is 19.6. The van der Waals surface area contributed by atoms with Crippen molar-refractivity contribution in [3.8, 4) is 0 Å². The van der Waals surface area contributed by atoms with E-state index >= 15 is 0 Å². The molecule has 0 saturated heterocycles. The molecule has 0 amide bonds. The van der Waals surface area contributed by atoms with Gasteiger partial charge in [0.25, 0.3) is 0 Å². The van der Waals surface area contributed by atoms with Crippen molar-refractivity contribution in [1.82, 2.24) is 0 Å². The highest BCUT2D eigenvalue weighted by Crippen LogP contribution is 2.20. The summed E-state index contributed by atoms with van der Waals surface area (Å²) in [4.78, 5) is 0. The van der Waals surface area contributed by atoms with Gasteiger partial charge in [0.2, 0.25) is 0 Å². The summed E-state index contributed by atoms with van der Waals surface area (Å²) >= 11 is 0. The Morgan fingerprint density at radius 2 is 0.688 bits per heavy atom. The standard InChI is InChI=1S/C36H76N2O8S2/c1-5-9-11-13-15-17-19-21-23-25-27-37(7-3,31-35(39)33-47(41,42)43)29-30-38(8-4,32-36(40)34-48(44,45)46)28-26-24-22-20-18-16-14-12-10-6-2/h35-36,39-40H,5-34H2,1-4H3. The Labute approximate surface area is 296 Å². The first-order valence-corrected chi connectivity index (χ1v) is 22.7. The quantitative estimate of drug-likeness (QED) is 0.0437. The summed E-state index contributed by atoms with van der Waals surface area (Å²) in [7, 11) is -9.18. The van der Waals surface area contributed by atoms with Crippen LogP contribution in [0.15, 0.2) is 0 Å². The Balaban J connectivity index is 5.56. The van der Waals surface area contributed by atoms with E-state index in [-0.39, 0.29) is 13.1 Å². The zero-order valence-corrected chi connectivity index (χ0v) is 33.1. The van der Waals surface area contributed by atoms with Gasteiger partial charge >= 0.3 is 0 Å². The second kappa shape index (κ2) is 27.3. The minimum atomic E-state index is -4.59. The molecule has 0 saturated carbocycles. The van der Waals surface area contributed by atoms with Crippen LogP contribution >= 0.6 is 0 Å². The van der Waals surface area contributed by atoms with E-state index in [4.69, 9.17) is 0 Å². The van der Waals surface area contributed by atoms with Crippen LogP contribution in [-0.4, -0.2) is 121 Å². The molecule has 12 heteroatoms. The summed E-state index contributed by atoms with van der Waals surface area (Å²) in [6.45, 7) is 12.7. The lowest BCUT2D eigenvalue weighted by Gasteiger charge is -2.45. The molecule has 2 N–H and O–H groups in total. The van der Waals surface area contributed by atoms with Crippen molar-refractivity contribution in [1.29, 1.82) is 0 Å². The normalized spacial score (nSPS) is 16.4. The van der Waals surface area contributed by atoms with Gasteiger partial charge in [0.1, 0.15) is 38.4 Å². The summed E-state index contributed by atoms with van der Waals surface area (Å²) in [5, 5.41) is 21.5. The molecular formula is C36H76N2O8S2. The maximum absolute atomic E-state index is 11.5. The van der Waals surface area contributed by atoms with Gasteiger partial charge in [0.05, 0.1) is 57.9 Å². The van der Waals surface area contributed by atoms with E-state index in [0.29, 0.717) is 35.1 Å². The third kappa shape index (κ3) is 26.5. The first kappa shape index (κ1) is 47.7. The highest BCUT2D eigenvalue weighted by molar-refractivity contribution is 7.85. The number of hydrogen-bond donors (Lipinski definition) is 2. The van der Waals surface area contributed by atoms with Crippen LogP contribution < -0.4 is 0 Å². The van der Waals surface area contributed by atoms with Crippen LogP contribution in [0.2, 0.25) is 0 Å². The molecule has 0 aliphatic rings. The molecule has 0 spiro atoms. The second-order valence-electron chi connectivity index (χ2n) is 14.7. The lowest BCUT2D eigenvalue weighted by atomic mass is 10.1. The van der Waals surface area contributed by atoms with Crippen LogP contribution in [0.5, 0.6) is 0 Å². The number of likely N-dealkylation sites (N-methyl/N-ethyl adjacent to an activating group) is 2. The van der Waals surface area contributed by atoms with E-state index in [2.05, 4.69) is 13.8 Å². The topological polar surface area (TPSA) is 155 Å². The minimum Gasteiger partial charge on any atom is -0.748 e. The van der Waals surface area contributed by atoms with E-state index in [0.717, 1.165) is 51.6 Å². The Morgan fingerprint density at radius 3 is 0.917 bits per heavy atom. The van der Waals surface area contributed by atoms with E-state index in [1.807, 2.05) is 13.8 Å². The summed E-state index contributed by atoms with van der Waals surface area (Å²) in [5.41, 5.74) is 0. The molecule has 0 rings (SSSR count). The lowest BCUT2D eigenvalue weighted by molar-refractivity contribution is -0.982. The number of unbranched alkanes of at least 4 members (excludes halogenated alkanes) is 18. The highest BCUT2D eigenvalue weighted by atomic mass is 32.2. The molecule has 0 aromatic heterocycles. The number of aliphatic hydroxyl groups excluding tert-OH is 2. The third-order valence-electron chi connectivity index (χ3n) is 10.4. The number of rotatable bonds is 35. The zero-order valence-electron chi connectivity index (χ0n) is 31.4. The molecule has 4 atom stereocenters. The van der Waals surface area contributed by atoms with Crippen molar-refractivity contribution in [2.45, 2.75) is 168 Å². The molecule has 0 aliphatic carbocycles. The average molecular weight is 729 g/mol. The highest BCUT2D eigenvalue weighted by Gasteiger charge is 2.36. The smallest absolute Gasteiger partial charge is 0.129 e. The van der Waals surface area contributed by atoms with Crippen molar-refractivity contribution in [3.63, 3.8) is 0 Å². The maximum atomic E-state index is 11.5. The summed E-state index contributed by atoms with van der Waals surface area (Å²) < 4.78 is 69.9. The van der Waals surface area contributed by atoms with E-state index in [1.165, 1.54) is 89.9 Å². The van der Waals surface area contributed by atoms with Crippen molar-refractivity contribution in [2.75, 3.05) is 63.9 Å². The van der Waals surface area contributed by atoms with E-state index in [9.17, 15) is 36.2 Å². The van der Waals surface area contributed by atoms with Gasteiger partial charge < -0.3 is 28.3 Å². The summed E-state index contributed by atoms with van der Waals surface area (Å²) in [6, 6.07) is 0. The summed E-state index contributed by atoms with van der Waals surface area (Å²) in [5.74, 6) is -1.64. The Morgan fingerprint density at radius 1 is 0.438 bits per heavy atom. The Hall–Kier alpha value is -0.340. The molecule has 0 fully saturated rings. The monoisotopic (exact) mass is 729 g/mol. The summed E-state index contributed by atoms with van der Waals surface area (Å²) in [6.07, 6.45) is 21.2. The van der Waals surface area contributed by atoms with Crippen LogP contribution in [0.3, 0.4) is 0 Å². The molecule has 4 unspecified atom stereocenters. The fourth-order valence-electron chi connectivity index (χ4n) is 7.24. The van der Waals surface area contributed by atoms with E-state index in [1.54, 1.807) is 0 Å². The molecule has 48 heavy (non-hydrogen) atoms. The molecule has 0 aromatic carbocycles. The SMILES string of the molecule is CCCCCCCCCCCC[N+](CC)(CC[N+](CC)(CCCCCCCCCCCC)CC(O)CS(=O)(=O)[O-])CC(O)CS(=O)(=O)[O-]. The number of nitrogens with zero attached hydrogens (tertiary/aromatic N) is 2. The molecule has 290 valence electrons. The zero-order chi connectivity index (χ0) is 36.4. The second-order valence-corrected chi connectivity index (χ2v) is 17.6. The third-order valence-corrected chi connectivity index (χ3v) is 11.9. The lowest BCUT2D eigenvalue weighted by Crippen LogP contribution is -2.62. The molecule has 0 aromatic rings. The largest absolute Gasteiger partial charge is 0.748 e. The number of hydrogen-bond acceptors (Lipinski definition) is 8. The predicted octanol–water partition coefficient (Wildman–Crippen LogP) is 6.31. The molecule has 0 bridgehead atoms. The van der Waals surface area contributed by atoms with Crippen LogP contribution in [0.1, 0.15) is 156 Å². The minimum absolute atomic E-state index is 0.148. The molecule has 10 nitrogen and oxygen atoms in total. The van der Waals surface area contributed by atoms with Crippen molar-refractivity contribution in [2.24, 2.45) is 0 Å². The van der Waals surface area contributed by atoms with Gasteiger partial charge in [-0.2, -0.15) is 0 Å². The van der Waals surface area contributed by atoms with Gasteiger partial charge in [-0.05, 0) is 39.5 Å². The van der Waals surface area contributed by atoms with E-state index < -0.39 is 43.9 Å². The fourth-order valence-corrected chi connectivity index (χ4v) is 8.40. The fraction of sp³-hybridized carbons (Fsp3) is 1.00. The van der Waals surface area contributed by atoms with Crippen LogP contribution in [0.25, 0.3) is 0 Å². The molecule has 0 radical (unpaired) electrons. The van der Waals surface area contributed by atoms with Crippen molar-refractivity contribution in [3.05, 3.63) is 0 Å². The molecule has 0 heterocycles.